The van der Waals surface area contributed by atoms with E-state index < -0.39 is 0 Å². The molecule has 0 spiro atoms. The van der Waals surface area contributed by atoms with Gasteiger partial charge >= 0.3 is 0 Å². The van der Waals surface area contributed by atoms with Gasteiger partial charge in [0.15, 0.2) is 11.5 Å². The van der Waals surface area contributed by atoms with Gasteiger partial charge in [0.25, 0.3) is 5.91 Å². The number of carbonyl (C=O) groups is 1. The van der Waals surface area contributed by atoms with Crippen molar-refractivity contribution in [1.29, 1.82) is 0 Å². The van der Waals surface area contributed by atoms with Crippen LogP contribution in [0.2, 0.25) is 0 Å². The molecule has 0 saturated carbocycles. The standard InChI is InChI=1S/C18H15N5O3/c24-17(22-12-4-5-15-16(9-12)26-11-25-15)14-6-8-20-18(23-14)21-10-13-3-1-2-7-19-13/h1-9H,10-11H2,(H,22,24)(H,20,21,23). The summed E-state index contributed by atoms with van der Waals surface area (Å²) in [6, 6.07) is 12.4. The van der Waals surface area contributed by atoms with Gasteiger partial charge in [0.2, 0.25) is 12.7 Å². The van der Waals surface area contributed by atoms with Gasteiger partial charge in [0.1, 0.15) is 5.69 Å². The summed E-state index contributed by atoms with van der Waals surface area (Å²) < 4.78 is 10.6. The number of benzene rings is 1. The predicted molar refractivity (Wildman–Crippen MR) is 94.1 cm³/mol. The van der Waals surface area contributed by atoms with Crippen LogP contribution in [-0.4, -0.2) is 27.7 Å². The van der Waals surface area contributed by atoms with Crippen molar-refractivity contribution in [3.63, 3.8) is 0 Å². The Bertz CT molecular complexity index is 933. The van der Waals surface area contributed by atoms with Crippen molar-refractivity contribution in [2.45, 2.75) is 6.54 Å². The Morgan fingerprint density at radius 1 is 1.04 bits per heavy atom. The Balaban J connectivity index is 1.43. The molecule has 3 heterocycles. The summed E-state index contributed by atoms with van der Waals surface area (Å²) in [5.41, 5.74) is 1.70. The van der Waals surface area contributed by atoms with Crippen molar-refractivity contribution in [2.24, 2.45) is 0 Å². The summed E-state index contributed by atoms with van der Waals surface area (Å²) in [5.74, 6) is 1.27. The van der Waals surface area contributed by atoms with Crippen LogP contribution >= 0.6 is 0 Å². The van der Waals surface area contributed by atoms with Crippen LogP contribution in [0.15, 0.2) is 54.9 Å². The highest BCUT2D eigenvalue weighted by atomic mass is 16.7. The van der Waals surface area contributed by atoms with Crippen LogP contribution in [0.25, 0.3) is 0 Å². The van der Waals surface area contributed by atoms with Gasteiger partial charge in [0.05, 0.1) is 12.2 Å². The zero-order chi connectivity index (χ0) is 17.8. The van der Waals surface area contributed by atoms with Crippen molar-refractivity contribution in [2.75, 3.05) is 17.4 Å². The minimum atomic E-state index is -0.341. The number of fused-ring (bicyclic) bond motifs is 1. The Morgan fingerprint density at radius 2 is 1.96 bits per heavy atom. The number of anilines is 2. The minimum Gasteiger partial charge on any atom is -0.454 e. The molecule has 0 atom stereocenters. The van der Waals surface area contributed by atoms with Gasteiger partial charge in [-0.25, -0.2) is 9.97 Å². The van der Waals surface area contributed by atoms with E-state index in [1.54, 1.807) is 30.5 Å². The molecular weight excluding hydrogens is 334 g/mol. The molecule has 0 aliphatic carbocycles. The van der Waals surface area contributed by atoms with E-state index in [4.69, 9.17) is 9.47 Å². The number of ether oxygens (including phenoxy) is 2. The zero-order valence-corrected chi connectivity index (χ0v) is 13.7. The van der Waals surface area contributed by atoms with E-state index in [-0.39, 0.29) is 18.4 Å². The molecule has 0 bridgehead atoms. The molecule has 1 aromatic carbocycles. The first-order chi connectivity index (χ1) is 12.8. The van der Waals surface area contributed by atoms with Crippen LogP contribution in [0.3, 0.4) is 0 Å². The predicted octanol–water partition coefficient (Wildman–Crippen LogP) is 2.46. The quantitative estimate of drug-likeness (QED) is 0.730. The van der Waals surface area contributed by atoms with Gasteiger partial charge < -0.3 is 20.1 Å². The van der Waals surface area contributed by atoms with Crippen molar-refractivity contribution >= 4 is 17.5 Å². The molecule has 8 nitrogen and oxygen atoms in total. The second kappa shape index (κ2) is 7.06. The maximum atomic E-state index is 12.4. The second-order valence-corrected chi connectivity index (χ2v) is 5.46. The normalized spacial score (nSPS) is 11.8. The molecule has 1 aliphatic rings. The third kappa shape index (κ3) is 3.54. The Kier molecular flexibility index (Phi) is 4.29. The average molecular weight is 349 g/mol. The van der Waals surface area contributed by atoms with Crippen molar-refractivity contribution in [3.8, 4) is 11.5 Å². The van der Waals surface area contributed by atoms with Crippen LogP contribution < -0.4 is 20.1 Å². The largest absolute Gasteiger partial charge is 0.454 e. The summed E-state index contributed by atoms with van der Waals surface area (Å²) >= 11 is 0. The number of nitrogens with zero attached hydrogens (tertiary/aromatic N) is 3. The zero-order valence-electron chi connectivity index (χ0n) is 13.7. The van der Waals surface area contributed by atoms with Crippen molar-refractivity contribution < 1.29 is 14.3 Å². The molecule has 0 fully saturated rings. The third-order valence-electron chi connectivity index (χ3n) is 3.67. The number of nitrogens with one attached hydrogen (secondary N) is 2. The Hall–Kier alpha value is -3.68. The molecule has 0 saturated heterocycles. The number of amides is 1. The summed E-state index contributed by atoms with van der Waals surface area (Å²) in [6.45, 7) is 0.651. The Labute approximate surface area is 149 Å². The first-order valence-corrected chi connectivity index (χ1v) is 7.96. The van der Waals surface area contributed by atoms with E-state index in [0.29, 0.717) is 29.7 Å². The van der Waals surface area contributed by atoms with Gasteiger partial charge in [-0.1, -0.05) is 6.07 Å². The van der Waals surface area contributed by atoms with Crippen LogP contribution in [-0.2, 0) is 6.54 Å². The van der Waals surface area contributed by atoms with E-state index in [1.165, 1.54) is 6.20 Å². The minimum absolute atomic E-state index is 0.184. The lowest BCUT2D eigenvalue weighted by atomic mass is 10.2. The highest BCUT2D eigenvalue weighted by Crippen LogP contribution is 2.34. The fourth-order valence-corrected chi connectivity index (χ4v) is 2.41. The summed E-state index contributed by atoms with van der Waals surface area (Å²) in [5, 5.41) is 5.84. The van der Waals surface area contributed by atoms with Gasteiger partial charge in [0, 0.05) is 24.1 Å². The third-order valence-corrected chi connectivity index (χ3v) is 3.67. The first-order valence-electron chi connectivity index (χ1n) is 7.96. The van der Waals surface area contributed by atoms with Crippen LogP contribution in [0.1, 0.15) is 16.2 Å². The lowest BCUT2D eigenvalue weighted by Gasteiger charge is -2.08. The second-order valence-electron chi connectivity index (χ2n) is 5.46. The van der Waals surface area contributed by atoms with Crippen molar-refractivity contribution in [1.82, 2.24) is 15.0 Å². The number of aromatic nitrogens is 3. The van der Waals surface area contributed by atoms with Crippen molar-refractivity contribution in [3.05, 3.63) is 66.2 Å². The van der Waals surface area contributed by atoms with Crippen LogP contribution in [0.4, 0.5) is 11.6 Å². The fourth-order valence-electron chi connectivity index (χ4n) is 2.41. The molecule has 4 rings (SSSR count). The summed E-state index contributed by atoms with van der Waals surface area (Å²) in [4.78, 5) is 25.0. The molecule has 0 radical (unpaired) electrons. The van der Waals surface area contributed by atoms with Crippen LogP contribution in [0, 0.1) is 0 Å². The number of pyridine rings is 1. The number of hydrogen-bond acceptors (Lipinski definition) is 7. The first kappa shape index (κ1) is 15.8. The van der Waals surface area contributed by atoms with Gasteiger partial charge in [-0.2, -0.15) is 0 Å². The topological polar surface area (TPSA) is 98.3 Å². The van der Waals surface area contributed by atoms with E-state index >= 15 is 0 Å². The Morgan fingerprint density at radius 3 is 2.85 bits per heavy atom. The van der Waals surface area contributed by atoms with E-state index in [9.17, 15) is 4.79 Å². The maximum absolute atomic E-state index is 12.4. The molecule has 26 heavy (non-hydrogen) atoms. The van der Waals surface area contributed by atoms with Gasteiger partial charge in [-0.15, -0.1) is 0 Å². The molecule has 0 unspecified atom stereocenters. The fraction of sp³-hybridized carbons (Fsp3) is 0.111. The summed E-state index contributed by atoms with van der Waals surface area (Å²) in [7, 11) is 0. The molecule has 1 aliphatic heterocycles. The molecule has 8 heteroatoms. The van der Waals surface area contributed by atoms with Crippen LogP contribution in [0.5, 0.6) is 11.5 Å². The van der Waals surface area contributed by atoms with Gasteiger partial charge in [-0.3, -0.25) is 9.78 Å². The number of carbonyl (C=O) groups excluding carboxylic acids is 1. The highest BCUT2D eigenvalue weighted by molar-refractivity contribution is 6.03. The monoisotopic (exact) mass is 349 g/mol. The number of hydrogen-bond donors (Lipinski definition) is 2. The lowest BCUT2D eigenvalue weighted by Crippen LogP contribution is -2.15. The molecular formula is C18H15N5O3. The van der Waals surface area contributed by atoms with Gasteiger partial charge in [-0.05, 0) is 30.3 Å². The SMILES string of the molecule is O=C(Nc1ccc2c(c1)OCO2)c1ccnc(NCc2ccccn2)n1. The molecule has 1 amide bonds. The van der Waals surface area contributed by atoms with E-state index in [0.717, 1.165) is 5.69 Å². The molecule has 2 aromatic heterocycles. The molecule has 130 valence electrons. The summed E-state index contributed by atoms with van der Waals surface area (Å²) in [6.07, 6.45) is 3.25. The average Bonchev–Trinajstić information content (AvgIpc) is 3.15. The van der Waals surface area contributed by atoms with E-state index in [2.05, 4.69) is 25.6 Å². The lowest BCUT2D eigenvalue weighted by molar-refractivity contribution is 0.102. The smallest absolute Gasteiger partial charge is 0.274 e. The number of rotatable bonds is 5. The maximum Gasteiger partial charge on any atom is 0.274 e. The molecule has 2 N–H and O–H groups in total. The van der Waals surface area contributed by atoms with E-state index in [1.807, 2.05) is 18.2 Å². The highest BCUT2D eigenvalue weighted by Gasteiger charge is 2.15. The molecule has 3 aromatic rings.